The van der Waals surface area contributed by atoms with Gasteiger partial charge in [0.05, 0.1) is 17.3 Å². The Kier molecular flexibility index (Phi) is 5.29. The highest BCUT2D eigenvalue weighted by molar-refractivity contribution is 6.05. The zero-order valence-corrected chi connectivity index (χ0v) is 17.0. The van der Waals surface area contributed by atoms with E-state index < -0.39 is 5.54 Å². The summed E-state index contributed by atoms with van der Waals surface area (Å²) in [6.07, 6.45) is 3.15. The highest BCUT2D eigenvalue weighted by Gasteiger charge is 2.23. The molecule has 0 atom stereocenters. The van der Waals surface area contributed by atoms with Crippen LogP contribution in [0.2, 0.25) is 0 Å². The zero-order valence-electron chi connectivity index (χ0n) is 16.2. The lowest BCUT2D eigenvalue weighted by Crippen LogP contribution is -2.48. The third kappa shape index (κ3) is 3.66. The van der Waals surface area contributed by atoms with E-state index in [1.54, 1.807) is 30.2 Å². The molecule has 152 valence electrons. The number of amides is 1. The molecule has 1 aromatic carbocycles. The van der Waals surface area contributed by atoms with Crippen LogP contribution in [0.3, 0.4) is 0 Å². The number of hydrogen-bond acceptors (Lipinski definition) is 5. The summed E-state index contributed by atoms with van der Waals surface area (Å²) >= 11 is 0. The van der Waals surface area contributed by atoms with Crippen molar-refractivity contribution < 1.29 is 9.18 Å². The molecule has 0 bridgehead atoms. The van der Waals surface area contributed by atoms with Crippen molar-refractivity contribution >= 4 is 40.4 Å². The van der Waals surface area contributed by atoms with Gasteiger partial charge in [0, 0.05) is 30.7 Å². The number of rotatable bonds is 4. The van der Waals surface area contributed by atoms with Crippen LogP contribution in [-0.2, 0) is 7.05 Å². The molecule has 0 radical (unpaired) electrons. The second-order valence-corrected chi connectivity index (χ2v) is 7.33. The van der Waals surface area contributed by atoms with E-state index >= 15 is 0 Å². The second kappa shape index (κ2) is 7.41. The molecule has 0 aliphatic rings. The van der Waals surface area contributed by atoms with Crippen molar-refractivity contribution in [3.05, 3.63) is 42.0 Å². The van der Waals surface area contributed by atoms with Crippen LogP contribution in [0.1, 0.15) is 24.2 Å². The summed E-state index contributed by atoms with van der Waals surface area (Å²) in [5.41, 5.74) is 8.16. The minimum Gasteiger partial charge on any atom is -0.346 e. The maximum Gasteiger partial charge on any atom is 0.255 e. The van der Waals surface area contributed by atoms with Gasteiger partial charge in [-0.15, -0.1) is 12.4 Å². The van der Waals surface area contributed by atoms with Gasteiger partial charge >= 0.3 is 0 Å². The number of carbonyl (C=O) groups is 1. The van der Waals surface area contributed by atoms with E-state index in [0.29, 0.717) is 40.2 Å². The Bertz CT molecular complexity index is 1210. The molecule has 1 amide bonds. The molecule has 0 aliphatic heterocycles. The number of nitrogens with one attached hydrogen (secondary N) is 2. The fourth-order valence-electron chi connectivity index (χ4n) is 3.02. The van der Waals surface area contributed by atoms with Gasteiger partial charge in [-0.3, -0.25) is 9.48 Å². The third-order valence-corrected chi connectivity index (χ3v) is 4.64. The van der Waals surface area contributed by atoms with E-state index in [2.05, 4.69) is 25.4 Å². The van der Waals surface area contributed by atoms with Crippen LogP contribution in [0.15, 0.2) is 30.6 Å². The first-order chi connectivity index (χ1) is 13.3. The monoisotopic (exact) mass is 417 g/mol. The van der Waals surface area contributed by atoms with Gasteiger partial charge in [-0.25, -0.2) is 14.4 Å². The maximum atomic E-state index is 13.6. The molecule has 4 rings (SSSR count). The van der Waals surface area contributed by atoms with Gasteiger partial charge < -0.3 is 16.0 Å². The number of nitrogens with two attached hydrogens (primary N) is 1. The summed E-state index contributed by atoms with van der Waals surface area (Å²) in [7, 11) is 1.74. The largest absolute Gasteiger partial charge is 0.346 e. The molecule has 0 spiro atoms. The predicted octanol–water partition coefficient (Wildman–Crippen LogP) is 2.54. The number of hydrogen-bond donors (Lipinski definition) is 3. The fraction of sp³-hybridized carbons (Fsp3) is 0.263. The van der Waals surface area contributed by atoms with Gasteiger partial charge in [-0.05, 0) is 32.0 Å². The number of fused-ring (bicyclic) bond motifs is 2. The number of halogens is 2. The van der Waals surface area contributed by atoms with Crippen molar-refractivity contribution in [3.63, 3.8) is 0 Å². The Morgan fingerprint density at radius 2 is 2.14 bits per heavy atom. The number of aromatic nitrogens is 5. The predicted molar refractivity (Wildman–Crippen MR) is 111 cm³/mol. The van der Waals surface area contributed by atoms with Gasteiger partial charge in [0.25, 0.3) is 5.91 Å². The molecule has 0 saturated heterocycles. The topological polar surface area (TPSA) is 115 Å². The Morgan fingerprint density at radius 1 is 1.38 bits per heavy atom. The first-order valence-electron chi connectivity index (χ1n) is 8.78. The highest BCUT2D eigenvalue weighted by atomic mass is 35.5. The number of benzene rings is 1. The van der Waals surface area contributed by atoms with Crippen LogP contribution in [0, 0.1) is 5.82 Å². The highest BCUT2D eigenvalue weighted by Crippen LogP contribution is 2.28. The van der Waals surface area contributed by atoms with Crippen LogP contribution < -0.4 is 11.1 Å². The number of aromatic amines is 1. The number of nitrogens with zero attached hydrogens (tertiary/aromatic N) is 4. The summed E-state index contributed by atoms with van der Waals surface area (Å²) < 4.78 is 15.2. The molecule has 0 fully saturated rings. The van der Waals surface area contributed by atoms with Crippen LogP contribution >= 0.6 is 12.4 Å². The molecular formula is C19H21ClFN7O. The fourth-order valence-corrected chi connectivity index (χ4v) is 3.02. The average molecular weight is 418 g/mol. The molecule has 3 aromatic heterocycles. The first kappa shape index (κ1) is 20.7. The van der Waals surface area contributed by atoms with Crippen LogP contribution in [0.5, 0.6) is 0 Å². The zero-order chi connectivity index (χ0) is 20.1. The summed E-state index contributed by atoms with van der Waals surface area (Å²) in [4.78, 5) is 24.6. The van der Waals surface area contributed by atoms with Crippen LogP contribution in [0.4, 0.5) is 4.39 Å². The number of carbonyl (C=O) groups excluding carboxylic acids is 1. The van der Waals surface area contributed by atoms with Crippen molar-refractivity contribution in [1.29, 1.82) is 0 Å². The molecule has 3 heterocycles. The lowest BCUT2D eigenvalue weighted by atomic mass is 10.1. The minimum absolute atomic E-state index is 0. The molecule has 0 saturated carbocycles. The van der Waals surface area contributed by atoms with Gasteiger partial charge in [-0.1, -0.05) is 0 Å². The molecule has 29 heavy (non-hydrogen) atoms. The van der Waals surface area contributed by atoms with Gasteiger partial charge in [0.2, 0.25) is 0 Å². The molecular weight excluding hydrogens is 397 g/mol. The minimum atomic E-state index is -0.549. The van der Waals surface area contributed by atoms with Gasteiger partial charge in [0.1, 0.15) is 22.7 Å². The van der Waals surface area contributed by atoms with Crippen molar-refractivity contribution in [2.45, 2.75) is 19.4 Å². The van der Waals surface area contributed by atoms with E-state index in [1.807, 2.05) is 13.8 Å². The number of aryl methyl sites for hydroxylation is 1. The van der Waals surface area contributed by atoms with E-state index in [4.69, 9.17) is 5.73 Å². The Morgan fingerprint density at radius 3 is 2.86 bits per heavy atom. The normalized spacial score (nSPS) is 11.6. The smallest absolute Gasteiger partial charge is 0.255 e. The summed E-state index contributed by atoms with van der Waals surface area (Å²) in [6, 6.07) is 4.46. The van der Waals surface area contributed by atoms with Crippen molar-refractivity contribution in [2.24, 2.45) is 12.8 Å². The first-order valence-corrected chi connectivity index (χ1v) is 8.78. The summed E-state index contributed by atoms with van der Waals surface area (Å²) in [5.74, 6) is -0.628. The van der Waals surface area contributed by atoms with Crippen molar-refractivity contribution in [1.82, 2.24) is 30.0 Å². The third-order valence-electron chi connectivity index (χ3n) is 4.64. The summed E-state index contributed by atoms with van der Waals surface area (Å²) in [5, 5.41) is 8.10. The van der Waals surface area contributed by atoms with Crippen LogP contribution in [-0.4, -0.2) is 42.7 Å². The van der Waals surface area contributed by atoms with E-state index in [-0.39, 0.29) is 24.1 Å². The van der Waals surface area contributed by atoms with Gasteiger partial charge in [0.15, 0.2) is 5.65 Å². The SMILES string of the molecule is Cl.Cn1nc(-c2cnc3[nH]cc(C(=O)NC(C)(C)CN)c3n2)c2ccc(F)cc21. The lowest BCUT2D eigenvalue weighted by molar-refractivity contribution is 0.0917. The van der Waals surface area contributed by atoms with E-state index in [1.165, 1.54) is 12.1 Å². The van der Waals surface area contributed by atoms with Gasteiger partial charge in [-0.2, -0.15) is 5.10 Å². The molecule has 4 N–H and O–H groups in total. The Hall–Kier alpha value is -3.04. The molecule has 8 nitrogen and oxygen atoms in total. The van der Waals surface area contributed by atoms with Crippen molar-refractivity contribution in [2.75, 3.05) is 6.54 Å². The second-order valence-electron chi connectivity index (χ2n) is 7.33. The number of H-pyrrole nitrogens is 1. The molecule has 10 heteroatoms. The molecule has 4 aromatic rings. The van der Waals surface area contributed by atoms with Crippen LogP contribution in [0.25, 0.3) is 33.5 Å². The standard InChI is InChI=1S/C19H20FN7O.ClH/c1-19(2,9-21)25-18(28)12-7-22-17-16(12)24-13(8-23-17)15-11-5-4-10(20)6-14(11)27(3)26-15;/h4-8H,9,21H2,1-3H3,(H,22,23)(H,25,28);1H. The quantitative estimate of drug-likeness (QED) is 0.472. The van der Waals surface area contributed by atoms with E-state index in [0.717, 1.165) is 5.39 Å². The lowest BCUT2D eigenvalue weighted by Gasteiger charge is -2.23. The Labute approximate surface area is 172 Å². The van der Waals surface area contributed by atoms with Crippen molar-refractivity contribution in [3.8, 4) is 11.4 Å². The Balaban J connectivity index is 0.00000240. The average Bonchev–Trinajstić information content (AvgIpc) is 3.22. The molecule has 0 unspecified atom stereocenters. The maximum absolute atomic E-state index is 13.6. The molecule has 0 aliphatic carbocycles. The van der Waals surface area contributed by atoms with E-state index in [9.17, 15) is 9.18 Å². The summed E-state index contributed by atoms with van der Waals surface area (Å²) in [6.45, 7) is 3.99.